The van der Waals surface area contributed by atoms with Gasteiger partial charge >= 0.3 is 0 Å². The Morgan fingerprint density at radius 1 is 1.16 bits per heavy atom. The zero-order valence-corrected chi connectivity index (χ0v) is 11.5. The third kappa shape index (κ3) is 3.42. The Hall–Kier alpha value is -2.14. The molecule has 2 aromatic carbocycles. The van der Waals surface area contributed by atoms with Crippen LogP contribution in [0, 0.1) is 0 Å². The molecule has 2 aromatic rings. The Labute approximate surface area is 118 Å². The van der Waals surface area contributed by atoms with Gasteiger partial charge in [-0.3, -0.25) is 4.79 Å². The Balaban J connectivity index is 2.06. The number of hydrogen-bond donors (Lipinski definition) is 2. The Bertz CT molecular complexity index is 626. The molecule has 2 rings (SSSR count). The maximum absolute atomic E-state index is 11.7. The summed E-state index contributed by atoms with van der Waals surface area (Å²) in [5.41, 5.74) is 3.40. The monoisotopic (exact) mass is 318 g/mol. The standard InChI is InChI=1S/C14H11BrN2O2/c15-12-7-3-1-5-10(12)9-16-17-14(19)11-6-2-4-8-13(11)18/h1-9,18H,(H,17,19)/b16-9-. The molecule has 0 radical (unpaired) electrons. The smallest absolute Gasteiger partial charge is 0.275 e. The highest BCUT2D eigenvalue weighted by Crippen LogP contribution is 2.15. The van der Waals surface area contributed by atoms with Gasteiger partial charge in [0.15, 0.2) is 0 Å². The average Bonchev–Trinajstić information content (AvgIpc) is 2.41. The van der Waals surface area contributed by atoms with Gasteiger partial charge < -0.3 is 5.11 Å². The van der Waals surface area contributed by atoms with Crippen molar-refractivity contribution in [2.75, 3.05) is 0 Å². The van der Waals surface area contributed by atoms with Crippen molar-refractivity contribution < 1.29 is 9.90 Å². The average molecular weight is 319 g/mol. The molecule has 0 saturated heterocycles. The predicted octanol–water partition coefficient (Wildman–Crippen LogP) is 2.92. The Morgan fingerprint density at radius 3 is 2.58 bits per heavy atom. The molecule has 0 fully saturated rings. The molecule has 1 amide bonds. The lowest BCUT2D eigenvalue weighted by Gasteiger charge is -2.02. The third-order valence-corrected chi connectivity index (χ3v) is 3.15. The largest absolute Gasteiger partial charge is 0.507 e. The molecular formula is C14H11BrN2O2. The van der Waals surface area contributed by atoms with E-state index in [-0.39, 0.29) is 11.3 Å². The van der Waals surface area contributed by atoms with Crippen LogP contribution in [0.5, 0.6) is 5.75 Å². The van der Waals surface area contributed by atoms with Gasteiger partial charge in [-0.1, -0.05) is 46.3 Å². The van der Waals surface area contributed by atoms with Crippen molar-refractivity contribution in [3.63, 3.8) is 0 Å². The molecule has 96 valence electrons. The number of carbonyl (C=O) groups excluding carboxylic acids is 1. The van der Waals surface area contributed by atoms with Crippen LogP contribution >= 0.6 is 15.9 Å². The highest BCUT2D eigenvalue weighted by molar-refractivity contribution is 9.10. The van der Waals surface area contributed by atoms with Crippen LogP contribution in [0.2, 0.25) is 0 Å². The van der Waals surface area contributed by atoms with E-state index in [9.17, 15) is 9.90 Å². The molecule has 0 unspecified atom stereocenters. The van der Waals surface area contributed by atoms with Gasteiger partial charge in [-0.15, -0.1) is 0 Å². The fourth-order valence-electron chi connectivity index (χ4n) is 1.47. The number of nitrogens with one attached hydrogen (secondary N) is 1. The van der Waals surface area contributed by atoms with E-state index < -0.39 is 5.91 Å². The zero-order valence-electron chi connectivity index (χ0n) is 9.88. The summed E-state index contributed by atoms with van der Waals surface area (Å²) in [6.45, 7) is 0. The molecule has 0 bridgehead atoms. The van der Waals surface area contributed by atoms with Crippen molar-refractivity contribution in [2.24, 2.45) is 5.10 Å². The van der Waals surface area contributed by atoms with Crippen LogP contribution in [0.3, 0.4) is 0 Å². The number of amides is 1. The summed E-state index contributed by atoms with van der Waals surface area (Å²) in [5.74, 6) is -0.530. The minimum absolute atomic E-state index is 0.0731. The quantitative estimate of drug-likeness (QED) is 0.675. The van der Waals surface area contributed by atoms with Gasteiger partial charge in [0.25, 0.3) is 5.91 Å². The van der Waals surface area contributed by atoms with E-state index in [1.807, 2.05) is 24.3 Å². The molecule has 5 heteroatoms. The fourth-order valence-corrected chi connectivity index (χ4v) is 1.85. The van der Waals surface area contributed by atoms with Crippen LogP contribution < -0.4 is 5.43 Å². The molecule has 0 aliphatic rings. The minimum Gasteiger partial charge on any atom is -0.507 e. The van der Waals surface area contributed by atoms with Crippen molar-refractivity contribution in [1.82, 2.24) is 5.43 Å². The lowest BCUT2D eigenvalue weighted by atomic mass is 10.2. The Kier molecular flexibility index (Phi) is 4.30. The van der Waals surface area contributed by atoms with E-state index in [4.69, 9.17) is 0 Å². The van der Waals surface area contributed by atoms with Crippen molar-refractivity contribution in [3.05, 3.63) is 64.1 Å². The fraction of sp³-hybridized carbons (Fsp3) is 0. The van der Waals surface area contributed by atoms with E-state index in [1.54, 1.807) is 12.1 Å². The van der Waals surface area contributed by atoms with E-state index in [0.29, 0.717) is 0 Å². The zero-order chi connectivity index (χ0) is 13.7. The maximum Gasteiger partial charge on any atom is 0.275 e. The number of carbonyl (C=O) groups is 1. The first-order valence-electron chi connectivity index (χ1n) is 5.54. The molecule has 0 spiro atoms. The summed E-state index contributed by atoms with van der Waals surface area (Å²) in [4.78, 5) is 11.7. The molecule has 2 N–H and O–H groups in total. The minimum atomic E-state index is -0.457. The van der Waals surface area contributed by atoms with Gasteiger partial charge in [-0.05, 0) is 18.2 Å². The molecule has 0 atom stereocenters. The van der Waals surface area contributed by atoms with Gasteiger partial charge in [-0.2, -0.15) is 5.10 Å². The number of aromatic hydroxyl groups is 1. The van der Waals surface area contributed by atoms with Gasteiger partial charge in [0, 0.05) is 10.0 Å². The molecule has 0 aromatic heterocycles. The summed E-state index contributed by atoms with van der Waals surface area (Å²) >= 11 is 3.38. The second kappa shape index (κ2) is 6.15. The number of nitrogens with zero attached hydrogens (tertiary/aromatic N) is 1. The number of hydrogen-bond acceptors (Lipinski definition) is 3. The van der Waals surface area contributed by atoms with Crippen LogP contribution in [0.15, 0.2) is 58.1 Å². The van der Waals surface area contributed by atoms with Crippen LogP contribution in [-0.2, 0) is 0 Å². The summed E-state index contributed by atoms with van der Waals surface area (Å²) in [6, 6.07) is 13.8. The van der Waals surface area contributed by atoms with Crippen molar-refractivity contribution in [1.29, 1.82) is 0 Å². The molecule has 0 aliphatic carbocycles. The van der Waals surface area contributed by atoms with E-state index >= 15 is 0 Å². The summed E-state index contributed by atoms with van der Waals surface area (Å²) in [7, 11) is 0. The number of halogens is 1. The summed E-state index contributed by atoms with van der Waals surface area (Å²) < 4.78 is 0.885. The lowest BCUT2D eigenvalue weighted by Crippen LogP contribution is -2.17. The van der Waals surface area contributed by atoms with Gasteiger partial charge in [-0.25, -0.2) is 5.43 Å². The van der Waals surface area contributed by atoms with Gasteiger partial charge in [0.2, 0.25) is 0 Å². The van der Waals surface area contributed by atoms with Crippen LogP contribution in [0.25, 0.3) is 0 Å². The maximum atomic E-state index is 11.7. The van der Waals surface area contributed by atoms with Crippen LogP contribution in [-0.4, -0.2) is 17.2 Å². The third-order valence-electron chi connectivity index (χ3n) is 2.42. The molecular weight excluding hydrogens is 308 g/mol. The topological polar surface area (TPSA) is 61.7 Å². The highest BCUT2D eigenvalue weighted by atomic mass is 79.9. The van der Waals surface area contributed by atoms with Gasteiger partial charge in [0.1, 0.15) is 5.75 Å². The second-order valence-corrected chi connectivity index (χ2v) is 4.59. The first-order valence-corrected chi connectivity index (χ1v) is 6.33. The number of phenols is 1. The highest BCUT2D eigenvalue weighted by Gasteiger charge is 2.08. The molecule has 0 aliphatic heterocycles. The van der Waals surface area contributed by atoms with Crippen molar-refractivity contribution >= 4 is 28.1 Å². The number of rotatable bonds is 3. The first-order chi connectivity index (χ1) is 9.18. The van der Waals surface area contributed by atoms with Crippen LogP contribution in [0.1, 0.15) is 15.9 Å². The van der Waals surface area contributed by atoms with Gasteiger partial charge in [0.05, 0.1) is 11.8 Å². The van der Waals surface area contributed by atoms with Crippen LogP contribution in [0.4, 0.5) is 0 Å². The molecule has 0 heterocycles. The number of benzene rings is 2. The van der Waals surface area contributed by atoms with E-state index in [2.05, 4.69) is 26.5 Å². The number of hydrazone groups is 1. The van der Waals surface area contributed by atoms with E-state index in [0.717, 1.165) is 10.0 Å². The predicted molar refractivity (Wildman–Crippen MR) is 77.3 cm³/mol. The molecule has 19 heavy (non-hydrogen) atoms. The first kappa shape index (κ1) is 13.3. The summed E-state index contributed by atoms with van der Waals surface area (Å²) in [5, 5.41) is 13.4. The molecule has 0 saturated carbocycles. The SMILES string of the molecule is O=C(N/N=C\c1ccccc1Br)c1ccccc1O. The van der Waals surface area contributed by atoms with Crippen molar-refractivity contribution in [2.45, 2.75) is 0 Å². The number of phenolic OH excluding ortho intramolecular Hbond substituents is 1. The molecule has 4 nitrogen and oxygen atoms in total. The second-order valence-electron chi connectivity index (χ2n) is 3.74. The Morgan fingerprint density at radius 2 is 1.84 bits per heavy atom. The summed E-state index contributed by atoms with van der Waals surface area (Å²) in [6.07, 6.45) is 1.53. The normalized spacial score (nSPS) is 10.6. The lowest BCUT2D eigenvalue weighted by molar-refractivity contribution is 0.0952. The number of para-hydroxylation sites is 1. The van der Waals surface area contributed by atoms with Crippen molar-refractivity contribution in [3.8, 4) is 5.75 Å². The van der Waals surface area contributed by atoms with E-state index in [1.165, 1.54) is 18.3 Å².